The number of para-hydroxylation sites is 1. The van der Waals surface area contributed by atoms with Crippen molar-refractivity contribution in [3.8, 4) is 0 Å². The lowest BCUT2D eigenvalue weighted by Gasteiger charge is -2.20. The third-order valence-electron chi connectivity index (χ3n) is 3.88. The van der Waals surface area contributed by atoms with Crippen molar-refractivity contribution in [1.29, 1.82) is 0 Å². The third-order valence-corrected chi connectivity index (χ3v) is 6.71. The van der Waals surface area contributed by atoms with Crippen LogP contribution in [0.4, 0.5) is 10.8 Å². The molecule has 0 saturated heterocycles. The molecule has 0 saturated carbocycles. The molecule has 1 N–H and O–H groups in total. The Morgan fingerprint density at radius 1 is 1.07 bits per heavy atom. The summed E-state index contributed by atoms with van der Waals surface area (Å²) in [4.78, 5) is 12.6. The molecule has 1 aromatic heterocycles. The van der Waals surface area contributed by atoms with Crippen LogP contribution in [0.1, 0.15) is 22.3 Å². The van der Waals surface area contributed by atoms with Crippen LogP contribution in [0.25, 0.3) is 0 Å². The van der Waals surface area contributed by atoms with E-state index in [1.54, 1.807) is 42.5 Å². The quantitative estimate of drug-likeness (QED) is 0.684. The maximum absolute atomic E-state index is 13.1. The Morgan fingerprint density at radius 3 is 2.41 bits per heavy atom. The molecule has 0 radical (unpaired) electrons. The smallest absolute Gasteiger partial charge is 0.264 e. The molecule has 27 heavy (non-hydrogen) atoms. The highest BCUT2D eigenvalue weighted by Gasteiger charge is 2.27. The molecule has 3 rings (SSSR count). The number of carbonyl (C=O) groups is 1. The van der Waals surface area contributed by atoms with E-state index >= 15 is 0 Å². The molecule has 3 aromatic rings. The first kappa shape index (κ1) is 19.0. The molecule has 1 amide bonds. The Labute approximate surface area is 161 Å². The molecule has 2 aromatic carbocycles. The highest BCUT2D eigenvalue weighted by molar-refractivity contribution is 7.92. The van der Waals surface area contributed by atoms with Crippen LogP contribution in [-0.4, -0.2) is 31.6 Å². The van der Waals surface area contributed by atoms with Gasteiger partial charge in [0.05, 0.1) is 11.3 Å². The number of anilines is 2. The number of sulfonamides is 1. The molecule has 0 atom stereocenters. The van der Waals surface area contributed by atoms with E-state index in [-0.39, 0.29) is 10.5 Å². The highest BCUT2D eigenvalue weighted by Crippen LogP contribution is 2.25. The second-order valence-electron chi connectivity index (χ2n) is 5.61. The van der Waals surface area contributed by atoms with Gasteiger partial charge in [-0.1, -0.05) is 48.6 Å². The molecular weight excluding hydrogens is 384 g/mol. The van der Waals surface area contributed by atoms with Crippen molar-refractivity contribution in [2.45, 2.75) is 18.2 Å². The fourth-order valence-electron chi connectivity index (χ4n) is 2.41. The molecule has 9 heteroatoms. The standard InChI is InChI=1S/C18H18N4O3S2/c1-3-16-20-21-18(26-16)19-17(23)14-11-7-8-12-15(14)27(24,25)22(2)13-9-5-4-6-10-13/h4-12H,3H2,1-2H3,(H,19,21,23). The number of aryl methyl sites for hydroxylation is 1. The third kappa shape index (κ3) is 3.99. The molecule has 7 nitrogen and oxygen atoms in total. The molecule has 0 fully saturated rings. The van der Waals surface area contributed by atoms with E-state index in [0.717, 1.165) is 9.31 Å². The number of aromatic nitrogens is 2. The minimum Gasteiger partial charge on any atom is -0.296 e. The van der Waals surface area contributed by atoms with Gasteiger partial charge in [-0.05, 0) is 30.7 Å². The first-order chi connectivity index (χ1) is 12.9. The molecular formula is C18H18N4O3S2. The first-order valence-corrected chi connectivity index (χ1v) is 10.5. The van der Waals surface area contributed by atoms with Gasteiger partial charge in [-0.15, -0.1) is 10.2 Å². The molecule has 1 heterocycles. The van der Waals surface area contributed by atoms with Gasteiger partial charge in [-0.2, -0.15) is 0 Å². The van der Waals surface area contributed by atoms with Crippen molar-refractivity contribution < 1.29 is 13.2 Å². The van der Waals surface area contributed by atoms with Gasteiger partial charge in [0.1, 0.15) is 9.90 Å². The number of amides is 1. The van der Waals surface area contributed by atoms with Crippen molar-refractivity contribution in [2.75, 3.05) is 16.7 Å². The second-order valence-corrected chi connectivity index (χ2v) is 8.61. The predicted molar refractivity (Wildman–Crippen MR) is 106 cm³/mol. The van der Waals surface area contributed by atoms with Gasteiger partial charge < -0.3 is 0 Å². The van der Waals surface area contributed by atoms with Gasteiger partial charge in [0.25, 0.3) is 15.9 Å². The molecule has 0 unspecified atom stereocenters. The maximum atomic E-state index is 13.1. The SMILES string of the molecule is CCc1nnc(NC(=O)c2ccccc2S(=O)(=O)N(C)c2ccccc2)s1. The lowest BCUT2D eigenvalue weighted by atomic mass is 10.2. The number of nitrogens with zero attached hydrogens (tertiary/aromatic N) is 3. The van der Waals surface area contributed by atoms with Gasteiger partial charge in [-0.25, -0.2) is 8.42 Å². The highest BCUT2D eigenvalue weighted by atomic mass is 32.2. The minimum absolute atomic E-state index is 0.0496. The summed E-state index contributed by atoms with van der Waals surface area (Å²) < 4.78 is 27.3. The molecule has 140 valence electrons. The van der Waals surface area contributed by atoms with Crippen LogP contribution in [0.2, 0.25) is 0 Å². The van der Waals surface area contributed by atoms with E-state index in [1.807, 2.05) is 6.92 Å². The van der Waals surface area contributed by atoms with Crippen LogP contribution in [0, 0.1) is 0 Å². The van der Waals surface area contributed by atoms with Crippen LogP contribution >= 0.6 is 11.3 Å². The Morgan fingerprint density at radius 2 is 1.74 bits per heavy atom. The Bertz CT molecular complexity index is 1050. The summed E-state index contributed by atoms with van der Waals surface area (Å²) in [6.45, 7) is 1.94. The number of hydrogen-bond donors (Lipinski definition) is 1. The van der Waals surface area contributed by atoms with E-state index in [2.05, 4.69) is 15.5 Å². The van der Waals surface area contributed by atoms with E-state index in [0.29, 0.717) is 17.2 Å². The van der Waals surface area contributed by atoms with E-state index in [9.17, 15) is 13.2 Å². The number of carbonyl (C=O) groups excluding carboxylic acids is 1. The second kappa shape index (κ2) is 7.85. The van der Waals surface area contributed by atoms with Crippen LogP contribution < -0.4 is 9.62 Å². The Kier molecular flexibility index (Phi) is 5.52. The maximum Gasteiger partial charge on any atom is 0.264 e. The lowest BCUT2D eigenvalue weighted by Crippen LogP contribution is -2.28. The monoisotopic (exact) mass is 402 g/mol. The summed E-state index contributed by atoms with van der Waals surface area (Å²) in [6, 6.07) is 14.8. The number of nitrogens with one attached hydrogen (secondary N) is 1. The van der Waals surface area contributed by atoms with Crippen LogP contribution in [-0.2, 0) is 16.4 Å². The predicted octanol–water partition coefficient (Wildman–Crippen LogP) is 3.18. The largest absolute Gasteiger partial charge is 0.296 e. The van der Waals surface area contributed by atoms with Crippen LogP contribution in [0.15, 0.2) is 59.5 Å². The number of benzene rings is 2. The van der Waals surface area contributed by atoms with Crippen molar-refractivity contribution in [1.82, 2.24) is 10.2 Å². The molecule has 0 spiro atoms. The topological polar surface area (TPSA) is 92.3 Å². The van der Waals surface area contributed by atoms with Crippen molar-refractivity contribution >= 4 is 38.1 Å². The summed E-state index contributed by atoms with van der Waals surface area (Å²) in [6.07, 6.45) is 0.709. The molecule has 0 aliphatic heterocycles. The van der Waals surface area contributed by atoms with Crippen LogP contribution in [0.5, 0.6) is 0 Å². The van der Waals surface area contributed by atoms with Gasteiger partial charge in [0.2, 0.25) is 5.13 Å². The number of hydrogen-bond acceptors (Lipinski definition) is 6. The lowest BCUT2D eigenvalue weighted by molar-refractivity contribution is 0.102. The van der Waals surface area contributed by atoms with Gasteiger partial charge in [-0.3, -0.25) is 14.4 Å². The van der Waals surface area contributed by atoms with Crippen LogP contribution in [0.3, 0.4) is 0 Å². The summed E-state index contributed by atoms with van der Waals surface area (Å²) in [5.74, 6) is -0.547. The van der Waals surface area contributed by atoms with Crippen molar-refractivity contribution in [3.05, 3.63) is 65.2 Å². The van der Waals surface area contributed by atoms with Gasteiger partial charge in [0.15, 0.2) is 0 Å². The normalized spacial score (nSPS) is 11.2. The van der Waals surface area contributed by atoms with E-state index in [4.69, 9.17) is 0 Å². The summed E-state index contributed by atoms with van der Waals surface area (Å²) >= 11 is 1.26. The molecule has 0 aliphatic rings. The average molecular weight is 403 g/mol. The van der Waals surface area contributed by atoms with Crippen molar-refractivity contribution in [2.24, 2.45) is 0 Å². The fourth-order valence-corrected chi connectivity index (χ4v) is 4.47. The van der Waals surface area contributed by atoms with E-state index < -0.39 is 15.9 Å². The first-order valence-electron chi connectivity index (χ1n) is 8.20. The zero-order chi connectivity index (χ0) is 19.4. The summed E-state index contributed by atoms with van der Waals surface area (Å²) in [7, 11) is -2.46. The summed E-state index contributed by atoms with van der Waals surface area (Å²) in [5.41, 5.74) is 0.554. The minimum atomic E-state index is -3.92. The molecule has 0 aliphatic carbocycles. The zero-order valence-electron chi connectivity index (χ0n) is 14.8. The summed E-state index contributed by atoms with van der Waals surface area (Å²) in [5, 5.41) is 11.6. The van der Waals surface area contributed by atoms with Gasteiger partial charge >= 0.3 is 0 Å². The fraction of sp³-hybridized carbons (Fsp3) is 0.167. The Hall–Kier alpha value is -2.78. The Balaban J connectivity index is 1.94. The zero-order valence-corrected chi connectivity index (χ0v) is 16.4. The van der Waals surface area contributed by atoms with E-state index in [1.165, 1.54) is 30.5 Å². The van der Waals surface area contributed by atoms with Gasteiger partial charge in [0, 0.05) is 7.05 Å². The average Bonchev–Trinajstić information content (AvgIpc) is 3.15. The number of rotatable bonds is 6. The van der Waals surface area contributed by atoms with Crippen molar-refractivity contribution in [3.63, 3.8) is 0 Å². The molecule has 0 bridgehead atoms.